The van der Waals surface area contributed by atoms with Crippen molar-refractivity contribution in [3.05, 3.63) is 46.0 Å². The van der Waals surface area contributed by atoms with E-state index >= 15 is 4.39 Å². The standard InChI is InChI=1S/C24H16ClF2N3O4S/c25-19-18(11-1-2-14(26)21-17(11)13(8-28)22(29)35-21)15(27)5-12-20(19)33-9-10-6-24(7-16(31)34-24)3-4-30(10)23(12)32/h1-2,5,10H,3-4,6-7,9,29H2. The Hall–Kier alpha value is -3.42. The number of anilines is 1. The van der Waals surface area contributed by atoms with E-state index in [1.165, 1.54) is 6.07 Å². The first-order valence-electron chi connectivity index (χ1n) is 10.8. The summed E-state index contributed by atoms with van der Waals surface area (Å²) in [5.41, 5.74) is 5.39. The van der Waals surface area contributed by atoms with Crippen molar-refractivity contribution in [3.8, 4) is 22.9 Å². The summed E-state index contributed by atoms with van der Waals surface area (Å²) in [5, 5.41) is 9.70. The van der Waals surface area contributed by atoms with E-state index < -0.39 is 23.1 Å². The summed E-state index contributed by atoms with van der Waals surface area (Å²) in [6, 6.07) is 5.13. The zero-order valence-corrected chi connectivity index (χ0v) is 19.6. The van der Waals surface area contributed by atoms with Gasteiger partial charge in [-0.2, -0.15) is 5.26 Å². The number of hydrogen-bond donors (Lipinski definition) is 1. The zero-order chi connectivity index (χ0) is 24.6. The molecule has 3 aliphatic heterocycles. The molecule has 1 aromatic heterocycles. The van der Waals surface area contributed by atoms with Gasteiger partial charge in [0.1, 0.15) is 34.9 Å². The third-order valence-corrected chi connectivity index (χ3v) is 8.33. The largest absolute Gasteiger partial charge is 0.489 e. The number of hydrogen-bond acceptors (Lipinski definition) is 7. The van der Waals surface area contributed by atoms with Gasteiger partial charge in [0.25, 0.3) is 5.91 Å². The second kappa shape index (κ2) is 7.54. The minimum Gasteiger partial charge on any atom is -0.489 e. The second-order valence-electron chi connectivity index (χ2n) is 8.93. The lowest BCUT2D eigenvalue weighted by atomic mass is 9.80. The number of piperidine rings is 1. The Kier molecular flexibility index (Phi) is 4.75. The van der Waals surface area contributed by atoms with E-state index in [0.717, 1.165) is 23.5 Å². The van der Waals surface area contributed by atoms with E-state index in [4.69, 9.17) is 26.8 Å². The molecule has 2 saturated heterocycles. The molecule has 35 heavy (non-hydrogen) atoms. The van der Waals surface area contributed by atoms with E-state index in [9.17, 15) is 19.2 Å². The van der Waals surface area contributed by atoms with Gasteiger partial charge in [-0.3, -0.25) is 9.59 Å². The van der Waals surface area contributed by atoms with E-state index in [2.05, 4.69) is 0 Å². The molecule has 2 aromatic carbocycles. The number of rotatable bonds is 1. The van der Waals surface area contributed by atoms with Gasteiger partial charge in [-0.15, -0.1) is 11.3 Å². The number of fused-ring (bicyclic) bond motifs is 3. The van der Waals surface area contributed by atoms with E-state index in [1.807, 2.05) is 6.07 Å². The maximum Gasteiger partial charge on any atom is 0.310 e. The Labute approximate surface area is 206 Å². The lowest BCUT2D eigenvalue weighted by Gasteiger charge is -2.49. The molecule has 4 heterocycles. The van der Waals surface area contributed by atoms with Crippen molar-refractivity contribution >= 4 is 49.9 Å². The molecule has 7 nitrogen and oxygen atoms in total. The van der Waals surface area contributed by atoms with Gasteiger partial charge in [-0.05, 0) is 17.7 Å². The fourth-order valence-corrected chi connectivity index (χ4v) is 6.60. The number of amides is 1. The third-order valence-electron chi connectivity index (χ3n) is 6.94. The topological polar surface area (TPSA) is 106 Å². The Morgan fingerprint density at radius 3 is 2.74 bits per heavy atom. The van der Waals surface area contributed by atoms with Gasteiger partial charge >= 0.3 is 5.97 Å². The molecule has 3 aliphatic rings. The van der Waals surface area contributed by atoms with Crippen LogP contribution >= 0.6 is 22.9 Å². The van der Waals surface area contributed by atoms with E-state index in [1.54, 1.807) is 4.90 Å². The molecule has 2 N–H and O–H groups in total. The number of nitriles is 1. The molecule has 6 rings (SSSR count). The molecule has 178 valence electrons. The van der Waals surface area contributed by atoms with Gasteiger partial charge in [0.15, 0.2) is 5.75 Å². The van der Waals surface area contributed by atoms with Crippen LogP contribution in [-0.2, 0) is 9.53 Å². The lowest BCUT2D eigenvalue weighted by Crippen LogP contribution is -2.60. The minimum absolute atomic E-state index is 0.0151. The predicted molar refractivity (Wildman–Crippen MR) is 124 cm³/mol. The number of esters is 1. The second-order valence-corrected chi connectivity index (χ2v) is 10.4. The molecule has 0 bridgehead atoms. The fraction of sp³-hybridized carbons (Fsp3) is 0.292. The van der Waals surface area contributed by atoms with Crippen molar-refractivity contribution in [2.24, 2.45) is 0 Å². The summed E-state index contributed by atoms with van der Waals surface area (Å²) >= 11 is 7.54. The van der Waals surface area contributed by atoms with Crippen LogP contribution in [0.25, 0.3) is 21.2 Å². The van der Waals surface area contributed by atoms with Crippen LogP contribution in [0.4, 0.5) is 13.8 Å². The molecule has 11 heteroatoms. The molecule has 0 radical (unpaired) electrons. The van der Waals surface area contributed by atoms with Crippen LogP contribution in [0.15, 0.2) is 18.2 Å². The minimum atomic E-state index is -0.813. The quantitative estimate of drug-likeness (QED) is 0.473. The Morgan fingerprint density at radius 2 is 2.03 bits per heavy atom. The number of halogens is 3. The average Bonchev–Trinajstić information content (AvgIpc) is 3.08. The monoisotopic (exact) mass is 515 g/mol. The number of nitrogens with two attached hydrogens (primary N) is 1. The maximum absolute atomic E-state index is 15.6. The van der Waals surface area contributed by atoms with Crippen LogP contribution in [0.2, 0.25) is 5.02 Å². The lowest BCUT2D eigenvalue weighted by molar-refractivity contribution is -0.202. The summed E-state index contributed by atoms with van der Waals surface area (Å²) in [6.45, 7) is 0.412. The van der Waals surface area contributed by atoms with Crippen LogP contribution < -0.4 is 10.5 Å². The molecule has 1 amide bonds. The molecule has 3 aromatic rings. The first kappa shape index (κ1) is 22.1. The normalized spacial score (nSPS) is 23.1. The summed E-state index contributed by atoms with van der Waals surface area (Å²) in [6.07, 6.45) is 1.21. The average molecular weight is 516 g/mol. The molecular weight excluding hydrogens is 500 g/mol. The van der Waals surface area contributed by atoms with Crippen molar-refractivity contribution in [1.29, 1.82) is 5.26 Å². The van der Waals surface area contributed by atoms with Crippen molar-refractivity contribution in [1.82, 2.24) is 4.90 Å². The highest BCUT2D eigenvalue weighted by Gasteiger charge is 2.52. The van der Waals surface area contributed by atoms with Crippen molar-refractivity contribution < 1.29 is 27.8 Å². The number of benzene rings is 2. The summed E-state index contributed by atoms with van der Waals surface area (Å²) in [7, 11) is 0. The number of thiophene rings is 1. The van der Waals surface area contributed by atoms with Gasteiger partial charge < -0.3 is 20.1 Å². The number of nitrogen functional groups attached to an aromatic ring is 1. The van der Waals surface area contributed by atoms with Crippen LogP contribution in [0.3, 0.4) is 0 Å². The SMILES string of the molecule is N#Cc1c(N)sc2c(F)ccc(-c3c(F)cc4c(c3Cl)OCC3CC5(CCN3C4=O)CC(=O)O5)c12. The number of ether oxygens (including phenoxy) is 2. The van der Waals surface area contributed by atoms with Crippen LogP contribution in [0.1, 0.15) is 35.2 Å². The van der Waals surface area contributed by atoms with Crippen LogP contribution in [-0.4, -0.2) is 41.6 Å². The molecule has 0 saturated carbocycles. The van der Waals surface area contributed by atoms with E-state index in [-0.39, 0.29) is 66.7 Å². The van der Waals surface area contributed by atoms with E-state index in [0.29, 0.717) is 25.8 Å². The molecule has 1 spiro atoms. The smallest absolute Gasteiger partial charge is 0.310 e. The highest BCUT2D eigenvalue weighted by atomic mass is 35.5. The zero-order valence-electron chi connectivity index (χ0n) is 18.0. The van der Waals surface area contributed by atoms with Crippen molar-refractivity contribution in [2.45, 2.75) is 30.9 Å². The summed E-state index contributed by atoms with van der Waals surface area (Å²) < 4.78 is 41.5. The number of carbonyl (C=O) groups is 2. The third kappa shape index (κ3) is 3.11. The summed E-state index contributed by atoms with van der Waals surface area (Å²) in [5.74, 6) is -2.10. The molecule has 0 aliphatic carbocycles. The number of nitrogens with zero attached hydrogens (tertiary/aromatic N) is 2. The highest BCUT2D eigenvalue weighted by molar-refractivity contribution is 7.23. The first-order chi connectivity index (χ1) is 16.7. The van der Waals surface area contributed by atoms with Gasteiger partial charge in [-0.25, -0.2) is 8.78 Å². The summed E-state index contributed by atoms with van der Waals surface area (Å²) in [4.78, 5) is 26.4. The fourth-order valence-electron chi connectivity index (χ4n) is 5.31. The van der Waals surface area contributed by atoms with Crippen molar-refractivity contribution in [2.75, 3.05) is 18.9 Å². The number of carbonyl (C=O) groups excluding carboxylic acids is 2. The van der Waals surface area contributed by atoms with Crippen LogP contribution in [0, 0.1) is 23.0 Å². The Bertz CT molecular complexity index is 1510. The Balaban J connectivity index is 1.48. The maximum atomic E-state index is 15.6. The molecule has 2 fully saturated rings. The predicted octanol–water partition coefficient (Wildman–Crippen LogP) is 4.64. The van der Waals surface area contributed by atoms with Crippen LogP contribution in [0.5, 0.6) is 5.75 Å². The van der Waals surface area contributed by atoms with Gasteiger partial charge in [0, 0.05) is 30.3 Å². The molecular formula is C24H16ClF2N3O4S. The molecule has 2 unspecified atom stereocenters. The molecule has 2 atom stereocenters. The first-order valence-corrected chi connectivity index (χ1v) is 12.0. The highest BCUT2D eigenvalue weighted by Crippen LogP contribution is 2.48. The van der Waals surface area contributed by atoms with Gasteiger partial charge in [0.2, 0.25) is 0 Å². The van der Waals surface area contributed by atoms with Gasteiger partial charge in [-0.1, -0.05) is 17.7 Å². The van der Waals surface area contributed by atoms with Gasteiger partial charge in [0.05, 0.1) is 33.3 Å². The van der Waals surface area contributed by atoms with Crippen molar-refractivity contribution in [3.63, 3.8) is 0 Å². The Morgan fingerprint density at radius 1 is 1.26 bits per heavy atom.